The molecule has 0 unspecified atom stereocenters. The Labute approximate surface area is 165 Å². The zero-order valence-electron chi connectivity index (χ0n) is 15.6. The van der Waals surface area contributed by atoms with Gasteiger partial charge in [-0.15, -0.1) is 11.3 Å². The molecule has 0 saturated heterocycles. The lowest BCUT2D eigenvalue weighted by Crippen LogP contribution is -2.34. The molecule has 1 aliphatic rings. The maximum atomic E-state index is 13.0. The van der Waals surface area contributed by atoms with Crippen molar-refractivity contribution in [3.8, 4) is 0 Å². The zero-order valence-corrected chi connectivity index (χ0v) is 16.4. The average Bonchev–Trinajstić information content (AvgIpc) is 3.03. The number of fused-ring (bicyclic) bond motifs is 1. The number of amides is 2. The van der Waals surface area contributed by atoms with Crippen LogP contribution in [0.2, 0.25) is 0 Å². The molecule has 28 heavy (non-hydrogen) atoms. The number of aryl methyl sites for hydroxylation is 1. The van der Waals surface area contributed by atoms with Crippen LogP contribution in [0.4, 0.5) is 18.9 Å². The van der Waals surface area contributed by atoms with Crippen molar-refractivity contribution >= 4 is 28.8 Å². The number of hydrogen-bond donors (Lipinski definition) is 1. The molecule has 3 rings (SSSR count). The number of nitrogens with one attached hydrogen (secondary N) is 1. The van der Waals surface area contributed by atoms with Gasteiger partial charge >= 0.3 is 6.18 Å². The Bertz CT molecular complexity index is 892. The van der Waals surface area contributed by atoms with Crippen molar-refractivity contribution in [3.05, 3.63) is 51.2 Å². The van der Waals surface area contributed by atoms with Gasteiger partial charge in [0, 0.05) is 11.9 Å². The fourth-order valence-corrected chi connectivity index (χ4v) is 4.52. The SMILES string of the molecule is C[C@@H]1CCc2sc(C(=O)N(C)CC(=O)Nc3ccccc3C(F)(F)F)cc2C1. The van der Waals surface area contributed by atoms with E-state index in [-0.39, 0.29) is 18.1 Å². The lowest BCUT2D eigenvalue weighted by molar-refractivity contribution is -0.137. The van der Waals surface area contributed by atoms with Gasteiger partial charge in [-0.2, -0.15) is 13.2 Å². The van der Waals surface area contributed by atoms with Crippen LogP contribution in [0.25, 0.3) is 0 Å². The first-order valence-electron chi connectivity index (χ1n) is 8.98. The summed E-state index contributed by atoms with van der Waals surface area (Å²) < 4.78 is 39.1. The maximum absolute atomic E-state index is 13.0. The number of anilines is 1. The molecule has 1 aliphatic carbocycles. The van der Waals surface area contributed by atoms with Gasteiger partial charge in [0.25, 0.3) is 5.91 Å². The summed E-state index contributed by atoms with van der Waals surface area (Å²) in [4.78, 5) is 27.8. The number of hydrogen-bond acceptors (Lipinski definition) is 3. The number of para-hydroxylation sites is 1. The minimum atomic E-state index is -4.57. The topological polar surface area (TPSA) is 49.4 Å². The molecular formula is C20H21F3N2O2S. The Balaban J connectivity index is 1.66. The van der Waals surface area contributed by atoms with Gasteiger partial charge in [0.05, 0.1) is 22.7 Å². The number of nitrogens with zero attached hydrogens (tertiary/aromatic N) is 1. The summed E-state index contributed by atoms with van der Waals surface area (Å²) in [5.74, 6) is -0.393. The molecule has 150 valence electrons. The Morgan fingerprint density at radius 3 is 2.71 bits per heavy atom. The summed E-state index contributed by atoms with van der Waals surface area (Å²) >= 11 is 1.44. The highest BCUT2D eigenvalue weighted by molar-refractivity contribution is 7.14. The van der Waals surface area contributed by atoms with Crippen LogP contribution in [0.15, 0.2) is 30.3 Å². The van der Waals surface area contributed by atoms with Crippen molar-refractivity contribution in [2.75, 3.05) is 18.9 Å². The lowest BCUT2D eigenvalue weighted by Gasteiger charge is -2.17. The molecule has 0 fully saturated rings. The molecule has 1 aromatic heterocycles. The highest BCUT2D eigenvalue weighted by Gasteiger charge is 2.33. The molecule has 1 N–H and O–H groups in total. The average molecular weight is 410 g/mol. The van der Waals surface area contributed by atoms with E-state index in [0.29, 0.717) is 10.8 Å². The number of halogens is 3. The van der Waals surface area contributed by atoms with Crippen molar-refractivity contribution in [1.29, 1.82) is 0 Å². The van der Waals surface area contributed by atoms with E-state index in [1.807, 2.05) is 6.07 Å². The quantitative estimate of drug-likeness (QED) is 0.801. The van der Waals surface area contributed by atoms with Crippen LogP contribution in [0, 0.1) is 5.92 Å². The summed E-state index contributed by atoms with van der Waals surface area (Å²) in [5.41, 5.74) is -0.0529. The van der Waals surface area contributed by atoms with Gasteiger partial charge in [0.2, 0.25) is 5.91 Å². The predicted octanol–water partition coefficient (Wildman–Crippen LogP) is 4.60. The van der Waals surface area contributed by atoms with Crippen molar-refractivity contribution < 1.29 is 22.8 Å². The summed E-state index contributed by atoms with van der Waals surface area (Å²) in [6, 6.07) is 6.65. The highest BCUT2D eigenvalue weighted by Crippen LogP contribution is 2.35. The van der Waals surface area contributed by atoms with Crippen molar-refractivity contribution in [1.82, 2.24) is 4.90 Å². The third-order valence-electron chi connectivity index (χ3n) is 4.77. The Kier molecular flexibility index (Phi) is 5.79. The zero-order chi connectivity index (χ0) is 20.5. The second-order valence-corrected chi connectivity index (χ2v) is 8.30. The molecule has 2 aromatic rings. The van der Waals surface area contributed by atoms with E-state index in [1.165, 1.54) is 51.9 Å². The molecule has 1 aromatic carbocycles. The second kappa shape index (κ2) is 7.95. The van der Waals surface area contributed by atoms with Crippen LogP contribution in [0.5, 0.6) is 0 Å². The molecule has 1 atom stereocenters. The van der Waals surface area contributed by atoms with Gasteiger partial charge in [-0.1, -0.05) is 19.1 Å². The highest BCUT2D eigenvalue weighted by atomic mass is 32.1. The first-order valence-corrected chi connectivity index (χ1v) is 9.80. The van der Waals surface area contributed by atoms with E-state index >= 15 is 0 Å². The summed E-state index contributed by atoms with van der Waals surface area (Å²) in [6.45, 7) is 1.85. The van der Waals surface area contributed by atoms with Gasteiger partial charge in [-0.3, -0.25) is 9.59 Å². The van der Waals surface area contributed by atoms with Gasteiger partial charge < -0.3 is 10.2 Å². The number of carbonyl (C=O) groups is 2. The number of thiophene rings is 1. The number of alkyl halides is 3. The fraction of sp³-hybridized carbons (Fsp3) is 0.400. The lowest BCUT2D eigenvalue weighted by atomic mass is 9.90. The standard InChI is InChI=1S/C20H21F3N2O2S/c1-12-7-8-16-13(9-12)10-17(28-16)19(27)25(2)11-18(26)24-15-6-4-3-5-14(15)20(21,22)23/h3-6,10,12H,7-9,11H2,1-2H3,(H,24,26)/t12-/m1/s1. The largest absolute Gasteiger partial charge is 0.418 e. The van der Waals surface area contributed by atoms with E-state index in [4.69, 9.17) is 0 Å². The fourth-order valence-electron chi connectivity index (χ4n) is 3.32. The second-order valence-electron chi connectivity index (χ2n) is 7.16. The minimum absolute atomic E-state index is 0.300. The van der Waals surface area contributed by atoms with E-state index < -0.39 is 17.6 Å². The van der Waals surface area contributed by atoms with Crippen LogP contribution in [0.1, 0.15) is 39.0 Å². The van der Waals surface area contributed by atoms with E-state index in [2.05, 4.69) is 12.2 Å². The summed E-state index contributed by atoms with van der Waals surface area (Å²) in [7, 11) is 1.47. The molecule has 0 saturated carbocycles. The first kappa shape index (κ1) is 20.4. The van der Waals surface area contributed by atoms with Crippen LogP contribution >= 0.6 is 11.3 Å². The molecule has 0 aliphatic heterocycles. The molecule has 0 bridgehead atoms. The number of likely N-dealkylation sites (N-methyl/N-ethyl adjacent to an activating group) is 1. The summed E-state index contributed by atoms with van der Waals surface area (Å²) in [5, 5.41) is 2.26. The van der Waals surface area contributed by atoms with Crippen LogP contribution < -0.4 is 5.32 Å². The third kappa shape index (κ3) is 4.55. The first-order chi connectivity index (χ1) is 13.1. The maximum Gasteiger partial charge on any atom is 0.418 e. The Morgan fingerprint density at radius 1 is 1.29 bits per heavy atom. The van der Waals surface area contributed by atoms with Crippen LogP contribution in [0.3, 0.4) is 0 Å². The van der Waals surface area contributed by atoms with E-state index in [9.17, 15) is 22.8 Å². The van der Waals surface area contributed by atoms with Crippen LogP contribution in [-0.2, 0) is 23.8 Å². The predicted molar refractivity (Wildman–Crippen MR) is 103 cm³/mol. The molecule has 8 heteroatoms. The monoisotopic (exact) mass is 410 g/mol. The van der Waals surface area contributed by atoms with Crippen molar-refractivity contribution in [2.45, 2.75) is 32.4 Å². The van der Waals surface area contributed by atoms with E-state index in [0.717, 1.165) is 25.3 Å². The van der Waals surface area contributed by atoms with Crippen molar-refractivity contribution in [3.63, 3.8) is 0 Å². The number of rotatable bonds is 4. The smallest absolute Gasteiger partial charge is 0.332 e. The van der Waals surface area contributed by atoms with Crippen molar-refractivity contribution in [2.24, 2.45) is 5.92 Å². The molecule has 0 radical (unpaired) electrons. The molecule has 2 amide bonds. The molecule has 1 heterocycles. The molecular weight excluding hydrogens is 389 g/mol. The Morgan fingerprint density at radius 2 is 2.00 bits per heavy atom. The number of benzene rings is 1. The molecule has 4 nitrogen and oxygen atoms in total. The summed E-state index contributed by atoms with van der Waals surface area (Å²) in [6.07, 6.45) is -1.58. The Hall–Kier alpha value is -2.35. The van der Waals surface area contributed by atoms with Crippen LogP contribution in [-0.4, -0.2) is 30.3 Å². The molecule has 0 spiro atoms. The normalized spacial score (nSPS) is 16.4. The number of carbonyl (C=O) groups excluding carboxylic acids is 2. The van der Waals surface area contributed by atoms with E-state index in [1.54, 1.807) is 0 Å². The van der Waals surface area contributed by atoms with Gasteiger partial charge in [0.1, 0.15) is 0 Å². The third-order valence-corrected chi connectivity index (χ3v) is 6.00. The van der Waals surface area contributed by atoms with Gasteiger partial charge in [0.15, 0.2) is 0 Å². The van der Waals surface area contributed by atoms with Gasteiger partial charge in [-0.25, -0.2) is 0 Å². The minimum Gasteiger partial charge on any atom is -0.332 e. The van der Waals surface area contributed by atoms with Gasteiger partial charge in [-0.05, 0) is 48.9 Å².